The summed E-state index contributed by atoms with van der Waals surface area (Å²) < 4.78 is 34.9. The molecule has 0 aromatic heterocycles. The summed E-state index contributed by atoms with van der Waals surface area (Å²) in [5.41, 5.74) is 0. The van der Waals surface area contributed by atoms with Gasteiger partial charge in [-0.2, -0.15) is 13.2 Å². The Morgan fingerprint density at radius 2 is 1.92 bits per heavy atom. The molecule has 1 saturated carbocycles. The zero-order chi connectivity index (χ0) is 9.03. The monoisotopic (exact) mass is 181 g/mol. The second-order valence-corrected chi connectivity index (χ2v) is 3.37. The Morgan fingerprint density at radius 3 is 2.42 bits per heavy atom. The molecule has 1 fully saturated rings. The van der Waals surface area contributed by atoms with Gasteiger partial charge >= 0.3 is 6.18 Å². The van der Waals surface area contributed by atoms with Crippen LogP contribution in [0.25, 0.3) is 0 Å². The van der Waals surface area contributed by atoms with Crippen LogP contribution in [0.15, 0.2) is 0 Å². The smallest absolute Gasteiger partial charge is 0.316 e. The number of hydrogen-bond donors (Lipinski definition) is 1. The Kier molecular flexibility index (Phi) is 3.38. The fraction of sp³-hybridized carbons (Fsp3) is 1.00. The van der Waals surface area contributed by atoms with Crippen LogP contribution >= 0.6 is 0 Å². The lowest BCUT2D eigenvalue weighted by molar-refractivity contribution is -0.135. The molecule has 4 heteroatoms. The number of rotatable bonds is 5. The van der Waals surface area contributed by atoms with Gasteiger partial charge in [-0.15, -0.1) is 0 Å². The summed E-state index contributed by atoms with van der Waals surface area (Å²) >= 11 is 0. The average molecular weight is 181 g/mol. The number of hydrogen-bond acceptors (Lipinski definition) is 1. The summed E-state index contributed by atoms with van der Waals surface area (Å²) in [6.45, 7) is 1.40. The van der Waals surface area contributed by atoms with E-state index in [1.165, 1.54) is 12.8 Å². The molecule has 1 N–H and O–H groups in total. The van der Waals surface area contributed by atoms with E-state index in [-0.39, 0.29) is 6.42 Å². The van der Waals surface area contributed by atoms with E-state index in [0.29, 0.717) is 6.54 Å². The number of alkyl halides is 3. The summed E-state index contributed by atoms with van der Waals surface area (Å²) in [7, 11) is 0. The third-order valence-corrected chi connectivity index (χ3v) is 1.94. The van der Waals surface area contributed by atoms with Crippen molar-refractivity contribution in [2.75, 3.05) is 13.1 Å². The molecule has 0 bridgehead atoms. The predicted octanol–water partition coefficient (Wildman–Crippen LogP) is 2.33. The normalized spacial score (nSPS) is 18.2. The second-order valence-electron chi connectivity index (χ2n) is 3.37. The van der Waals surface area contributed by atoms with Crippen molar-refractivity contribution in [2.24, 2.45) is 5.92 Å². The van der Waals surface area contributed by atoms with Crippen LogP contribution < -0.4 is 5.32 Å². The van der Waals surface area contributed by atoms with Gasteiger partial charge in [-0.25, -0.2) is 0 Å². The number of nitrogens with one attached hydrogen (secondary N) is 1. The predicted molar refractivity (Wildman–Crippen MR) is 40.9 cm³/mol. The lowest BCUT2D eigenvalue weighted by Crippen LogP contribution is -2.20. The molecule has 0 aromatic rings. The second kappa shape index (κ2) is 4.12. The van der Waals surface area contributed by atoms with Gasteiger partial charge in [0.05, 0.1) is 0 Å². The minimum atomic E-state index is -3.98. The van der Waals surface area contributed by atoms with Gasteiger partial charge in [0, 0.05) is 6.42 Å². The maximum atomic E-state index is 11.6. The van der Waals surface area contributed by atoms with E-state index in [1.54, 1.807) is 0 Å². The summed E-state index contributed by atoms with van der Waals surface area (Å²) in [6.07, 6.45) is -1.96. The van der Waals surface area contributed by atoms with Crippen molar-refractivity contribution in [3.8, 4) is 0 Å². The molecule has 1 aliphatic carbocycles. The van der Waals surface area contributed by atoms with Gasteiger partial charge in [-0.1, -0.05) is 0 Å². The molecule has 0 radical (unpaired) electrons. The van der Waals surface area contributed by atoms with E-state index in [1.807, 2.05) is 0 Å². The van der Waals surface area contributed by atoms with Crippen LogP contribution in [0.1, 0.15) is 25.7 Å². The summed E-state index contributed by atoms with van der Waals surface area (Å²) in [6, 6.07) is 0. The van der Waals surface area contributed by atoms with E-state index >= 15 is 0 Å². The Morgan fingerprint density at radius 1 is 1.25 bits per heavy atom. The third-order valence-electron chi connectivity index (χ3n) is 1.94. The summed E-state index contributed by atoms with van der Waals surface area (Å²) in [5, 5.41) is 3.02. The average Bonchev–Trinajstić information content (AvgIpc) is 2.68. The SMILES string of the molecule is FC(F)(F)CCCNCC1CC1. The Bertz CT molecular complexity index is 129. The molecule has 72 valence electrons. The van der Waals surface area contributed by atoms with Crippen LogP contribution in [0.5, 0.6) is 0 Å². The zero-order valence-electron chi connectivity index (χ0n) is 6.95. The fourth-order valence-corrected chi connectivity index (χ4v) is 1.04. The Labute approximate surface area is 70.3 Å². The zero-order valence-corrected chi connectivity index (χ0v) is 6.95. The lowest BCUT2D eigenvalue weighted by Gasteiger charge is -2.06. The molecule has 0 unspecified atom stereocenters. The van der Waals surface area contributed by atoms with Gasteiger partial charge in [0.25, 0.3) is 0 Å². The third kappa shape index (κ3) is 5.41. The fourth-order valence-electron chi connectivity index (χ4n) is 1.04. The Balaban J connectivity index is 1.82. The summed E-state index contributed by atoms with van der Waals surface area (Å²) in [5.74, 6) is 0.746. The highest BCUT2D eigenvalue weighted by Gasteiger charge is 2.26. The van der Waals surface area contributed by atoms with E-state index in [0.717, 1.165) is 12.5 Å². The highest BCUT2D eigenvalue weighted by Crippen LogP contribution is 2.27. The lowest BCUT2D eigenvalue weighted by atomic mass is 10.3. The van der Waals surface area contributed by atoms with Crippen molar-refractivity contribution in [1.29, 1.82) is 0 Å². The maximum absolute atomic E-state index is 11.6. The van der Waals surface area contributed by atoms with Crippen LogP contribution in [0.3, 0.4) is 0 Å². The first-order valence-electron chi connectivity index (χ1n) is 4.35. The minimum absolute atomic E-state index is 0.205. The molecule has 1 nitrogen and oxygen atoms in total. The molecular formula is C8H14F3N. The van der Waals surface area contributed by atoms with Crippen LogP contribution in [0.4, 0.5) is 13.2 Å². The molecule has 0 amide bonds. The van der Waals surface area contributed by atoms with E-state index in [4.69, 9.17) is 0 Å². The van der Waals surface area contributed by atoms with E-state index < -0.39 is 12.6 Å². The van der Waals surface area contributed by atoms with Gasteiger partial charge in [0.15, 0.2) is 0 Å². The van der Waals surface area contributed by atoms with Gasteiger partial charge in [0.2, 0.25) is 0 Å². The Hall–Kier alpha value is -0.250. The van der Waals surface area contributed by atoms with Crippen molar-refractivity contribution in [2.45, 2.75) is 31.9 Å². The van der Waals surface area contributed by atoms with Gasteiger partial charge in [-0.3, -0.25) is 0 Å². The van der Waals surface area contributed by atoms with Crippen molar-refractivity contribution in [1.82, 2.24) is 5.32 Å². The molecule has 0 aliphatic heterocycles. The minimum Gasteiger partial charge on any atom is -0.316 e. The molecular weight excluding hydrogens is 167 g/mol. The van der Waals surface area contributed by atoms with Crippen molar-refractivity contribution >= 4 is 0 Å². The quantitative estimate of drug-likeness (QED) is 0.642. The van der Waals surface area contributed by atoms with Crippen molar-refractivity contribution < 1.29 is 13.2 Å². The first-order chi connectivity index (χ1) is 5.58. The van der Waals surface area contributed by atoms with Gasteiger partial charge in [-0.05, 0) is 38.3 Å². The molecule has 1 aliphatic rings. The molecule has 1 rings (SSSR count). The van der Waals surface area contributed by atoms with E-state index in [2.05, 4.69) is 5.32 Å². The van der Waals surface area contributed by atoms with Crippen LogP contribution in [-0.2, 0) is 0 Å². The molecule has 0 spiro atoms. The number of halogens is 3. The highest BCUT2D eigenvalue weighted by molar-refractivity contribution is 4.75. The van der Waals surface area contributed by atoms with Crippen LogP contribution in [-0.4, -0.2) is 19.3 Å². The van der Waals surface area contributed by atoms with Gasteiger partial charge in [0.1, 0.15) is 0 Å². The molecule has 0 aromatic carbocycles. The molecule has 0 heterocycles. The topological polar surface area (TPSA) is 12.0 Å². The van der Waals surface area contributed by atoms with Crippen molar-refractivity contribution in [3.05, 3.63) is 0 Å². The van der Waals surface area contributed by atoms with Crippen LogP contribution in [0.2, 0.25) is 0 Å². The molecule has 0 saturated heterocycles. The standard InChI is InChI=1S/C8H14F3N/c9-8(10,11)4-1-5-12-6-7-2-3-7/h7,12H,1-6H2. The van der Waals surface area contributed by atoms with Crippen molar-refractivity contribution in [3.63, 3.8) is 0 Å². The first-order valence-corrected chi connectivity index (χ1v) is 4.35. The molecule has 12 heavy (non-hydrogen) atoms. The van der Waals surface area contributed by atoms with E-state index in [9.17, 15) is 13.2 Å². The maximum Gasteiger partial charge on any atom is 0.389 e. The largest absolute Gasteiger partial charge is 0.389 e. The van der Waals surface area contributed by atoms with Gasteiger partial charge < -0.3 is 5.32 Å². The summed E-state index contributed by atoms with van der Waals surface area (Å²) in [4.78, 5) is 0. The van der Waals surface area contributed by atoms with Crippen LogP contribution in [0, 0.1) is 5.92 Å². The first kappa shape index (κ1) is 9.84. The highest BCUT2D eigenvalue weighted by atomic mass is 19.4. The molecule has 0 atom stereocenters.